The van der Waals surface area contributed by atoms with Gasteiger partial charge >= 0.3 is 0 Å². The van der Waals surface area contributed by atoms with Gasteiger partial charge in [-0.2, -0.15) is 0 Å². The third kappa shape index (κ3) is 2.50. The van der Waals surface area contributed by atoms with Crippen molar-refractivity contribution in [1.29, 1.82) is 0 Å². The number of rotatable bonds is 2. The van der Waals surface area contributed by atoms with Crippen molar-refractivity contribution in [2.75, 3.05) is 17.3 Å². The van der Waals surface area contributed by atoms with Crippen LogP contribution in [0, 0.1) is 5.41 Å². The number of nitrogens with zero attached hydrogens (tertiary/aromatic N) is 1. The van der Waals surface area contributed by atoms with Crippen molar-refractivity contribution in [3.05, 3.63) is 22.7 Å². The molecule has 2 rings (SSSR count). The maximum Gasteiger partial charge on any atom is 0.245 e. The van der Waals surface area contributed by atoms with Gasteiger partial charge in [-0.1, -0.05) is 32.4 Å². The number of hydrogen-bond acceptors (Lipinski definition) is 3. The van der Waals surface area contributed by atoms with E-state index < -0.39 is 6.04 Å². The van der Waals surface area contributed by atoms with E-state index in [1.807, 2.05) is 13.1 Å². The third-order valence-electron chi connectivity index (χ3n) is 4.21. The fraction of sp³-hybridized carbons (Fsp3) is 0.533. The van der Waals surface area contributed by atoms with Gasteiger partial charge in [-0.25, -0.2) is 0 Å². The Bertz CT molecular complexity index is 551. The van der Waals surface area contributed by atoms with Crippen molar-refractivity contribution >= 4 is 28.9 Å². The molecule has 4 nitrogen and oxygen atoms in total. The van der Waals surface area contributed by atoms with E-state index in [1.54, 1.807) is 6.07 Å². The minimum Gasteiger partial charge on any atom is -0.370 e. The fourth-order valence-electron chi connectivity index (χ4n) is 2.35. The number of fused-ring (bicyclic) bond motifs is 1. The number of nitrogens with one attached hydrogen (secondary N) is 1. The summed E-state index contributed by atoms with van der Waals surface area (Å²) in [4.78, 5) is 13.8. The summed E-state index contributed by atoms with van der Waals surface area (Å²) < 4.78 is 0. The van der Waals surface area contributed by atoms with Crippen LogP contribution >= 0.6 is 11.6 Å². The predicted molar refractivity (Wildman–Crippen MR) is 84.3 cm³/mol. The molecule has 0 saturated carbocycles. The van der Waals surface area contributed by atoms with Crippen molar-refractivity contribution in [2.24, 2.45) is 11.1 Å². The molecule has 1 aliphatic heterocycles. The first-order chi connectivity index (χ1) is 9.12. The van der Waals surface area contributed by atoms with Gasteiger partial charge in [0.25, 0.3) is 0 Å². The largest absolute Gasteiger partial charge is 0.370 e. The second-order valence-corrected chi connectivity index (χ2v) is 6.92. The van der Waals surface area contributed by atoms with E-state index in [0.717, 1.165) is 16.9 Å². The van der Waals surface area contributed by atoms with Crippen LogP contribution in [0.15, 0.2) is 12.1 Å². The summed E-state index contributed by atoms with van der Waals surface area (Å²) in [6.07, 6.45) is 0. The highest BCUT2D eigenvalue weighted by Gasteiger charge is 2.30. The summed E-state index contributed by atoms with van der Waals surface area (Å²) in [5, 5.41) is 3.42. The summed E-state index contributed by atoms with van der Waals surface area (Å²) >= 11 is 6.37. The maximum absolute atomic E-state index is 11.6. The number of carbonyl (C=O) groups excluding carboxylic acids is 1. The summed E-state index contributed by atoms with van der Waals surface area (Å²) in [6.45, 7) is 8.72. The molecule has 0 aliphatic carbocycles. The van der Waals surface area contributed by atoms with Crippen molar-refractivity contribution in [1.82, 2.24) is 0 Å². The summed E-state index contributed by atoms with van der Waals surface area (Å²) in [5.41, 5.74) is 8.38. The van der Waals surface area contributed by atoms with Crippen LogP contribution in [0.5, 0.6) is 0 Å². The number of halogens is 1. The Morgan fingerprint density at radius 1 is 1.40 bits per heavy atom. The van der Waals surface area contributed by atoms with E-state index in [4.69, 9.17) is 17.3 Å². The predicted octanol–water partition coefficient (Wildman–Crippen LogP) is 3.16. The molecule has 0 bridgehead atoms. The molecule has 0 saturated heterocycles. The Morgan fingerprint density at radius 2 is 2.00 bits per heavy atom. The number of amides is 1. The Balaban J connectivity index is 2.40. The monoisotopic (exact) mass is 295 g/mol. The molecule has 0 radical (unpaired) electrons. The van der Waals surface area contributed by atoms with E-state index in [0.29, 0.717) is 11.1 Å². The lowest BCUT2D eigenvalue weighted by atomic mass is 9.87. The Morgan fingerprint density at radius 3 is 2.55 bits per heavy atom. The van der Waals surface area contributed by atoms with E-state index in [9.17, 15) is 4.79 Å². The molecule has 1 aromatic carbocycles. The van der Waals surface area contributed by atoms with Gasteiger partial charge in [0.05, 0.1) is 10.7 Å². The van der Waals surface area contributed by atoms with Crippen molar-refractivity contribution in [3.8, 4) is 0 Å². The lowest BCUT2D eigenvalue weighted by molar-refractivity contribution is -0.116. The maximum atomic E-state index is 11.6. The Kier molecular flexibility index (Phi) is 3.73. The number of nitrogens with two attached hydrogens (primary N) is 1. The SMILES string of the molecule is CC(N(C)c1cc2c(cc1Cl)C(N)C(=O)N2)C(C)(C)C. The first-order valence-corrected chi connectivity index (χ1v) is 7.13. The minimum absolute atomic E-state index is 0.122. The van der Waals surface area contributed by atoms with Crippen LogP contribution < -0.4 is 16.0 Å². The van der Waals surface area contributed by atoms with Gasteiger partial charge < -0.3 is 16.0 Å². The van der Waals surface area contributed by atoms with Crippen LogP contribution in [0.4, 0.5) is 11.4 Å². The first-order valence-electron chi connectivity index (χ1n) is 6.75. The van der Waals surface area contributed by atoms with Gasteiger partial charge in [0.2, 0.25) is 5.91 Å². The zero-order chi connectivity index (χ0) is 15.2. The van der Waals surface area contributed by atoms with Gasteiger partial charge in [-0.3, -0.25) is 4.79 Å². The van der Waals surface area contributed by atoms with E-state index in [-0.39, 0.29) is 11.3 Å². The van der Waals surface area contributed by atoms with Gasteiger partial charge in [0, 0.05) is 24.3 Å². The van der Waals surface area contributed by atoms with Crippen LogP contribution in [0.2, 0.25) is 5.02 Å². The van der Waals surface area contributed by atoms with Crippen LogP contribution in [0.1, 0.15) is 39.3 Å². The summed E-state index contributed by atoms with van der Waals surface area (Å²) in [7, 11) is 2.01. The topological polar surface area (TPSA) is 58.4 Å². The van der Waals surface area contributed by atoms with Crippen molar-refractivity contribution < 1.29 is 4.79 Å². The van der Waals surface area contributed by atoms with Gasteiger partial charge in [-0.05, 0) is 24.5 Å². The lowest BCUT2D eigenvalue weighted by Gasteiger charge is -2.37. The van der Waals surface area contributed by atoms with Gasteiger partial charge in [0.1, 0.15) is 6.04 Å². The Hall–Kier alpha value is -1.26. The molecule has 110 valence electrons. The molecule has 1 aromatic rings. The summed E-state index contributed by atoms with van der Waals surface area (Å²) in [6, 6.07) is 3.37. The van der Waals surface area contributed by atoms with E-state index in [1.165, 1.54) is 0 Å². The second-order valence-electron chi connectivity index (χ2n) is 6.51. The van der Waals surface area contributed by atoms with Crippen molar-refractivity contribution in [3.63, 3.8) is 0 Å². The standard InChI is InChI=1S/C15H22ClN3O/c1-8(15(2,3)4)19(5)12-7-11-9(6-10(12)16)13(17)14(20)18-11/h6-8,13H,17H2,1-5H3,(H,18,20). The molecule has 1 heterocycles. The smallest absolute Gasteiger partial charge is 0.245 e. The third-order valence-corrected chi connectivity index (χ3v) is 4.51. The molecule has 1 amide bonds. The normalized spacial score (nSPS) is 19.6. The molecule has 2 unspecified atom stereocenters. The molecular formula is C15H22ClN3O. The molecule has 2 atom stereocenters. The van der Waals surface area contributed by atoms with Crippen LogP contribution in [-0.2, 0) is 4.79 Å². The number of hydrogen-bond donors (Lipinski definition) is 2. The number of carbonyl (C=O) groups is 1. The quantitative estimate of drug-likeness (QED) is 0.881. The average Bonchev–Trinajstić information content (AvgIpc) is 2.62. The first kappa shape index (κ1) is 15.1. The van der Waals surface area contributed by atoms with Crippen LogP contribution in [-0.4, -0.2) is 19.0 Å². The molecule has 0 fully saturated rings. The molecule has 5 heteroatoms. The van der Waals surface area contributed by atoms with E-state index >= 15 is 0 Å². The fourth-order valence-corrected chi connectivity index (χ4v) is 2.66. The number of anilines is 2. The molecule has 0 spiro atoms. The zero-order valence-electron chi connectivity index (χ0n) is 12.6. The highest BCUT2D eigenvalue weighted by atomic mass is 35.5. The molecule has 3 N–H and O–H groups in total. The van der Waals surface area contributed by atoms with E-state index in [2.05, 4.69) is 37.9 Å². The highest BCUT2D eigenvalue weighted by Crippen LogP contribution is 2.39. The molecule has 0 aromatic heterocycles. The van der Waals surface area contributed by atoms with Crippen LogP contribution in [0.3, 0.4) is 0 Å². The second kappa shape index (κ2) is 4.93. The molecule has 20 heavy (non-hydrogen) atoms. The van der Waals surface area contributed by atoms with Gasteiger partial charge in [0.15, 0.2) is 0 Å². The minimum atomic E-state index is -0.623. The lowest BCUT2D eigenvalue weighted by Crippen LogP contribution is -2.39. The number of benzene rings is 1. The Labute approximate surface area is 125 Å². The van der Waals surface area contributed by atoms with Crippen LogP contribution in [0.25, 0.3) is 0 Å². The average molecular weight is 296 g/mol. The zero-order valence-corrected chi connectivity index (χ0v) is 13.4. The van der Waals surface area contributed by atoms with Crippen molar-refractivity contribution in [2.45, 2.75) is 39.8 Å². The summed E-state index contributed by atoms with van der Waals surface area (Å²) in [5.74, 6) is -0.181. The highest BCUT2D eigenvalue weighted by molar-refractivity contribution is 6.33. The van der Waals surface area contributed by atoms with Gasteiger partial charge in [-0.15, -0.1) is 0 Å². The molecular weight excluding hydrogens is 274 g/mol. The molecule has 1 aliphatic rings.